The number of hydrogen-bond acceptors (Lipinski definition) is 4. The molecule has 2 aromatic carbocycles. The third-order valence-electron chi connectivity index (χ3n) is 5.89. The van der Waals surface area contributed by atoms with Gasteiger partial charge >= 0.3 is 0 Å². The van der Waals surface area contributed by atoms with E-state index < -0.39 is 10.0 Å². The molecule has 1 amide bonds. The van der Waals surface area contributed by atoms with Crippen molar-refractivity contribution < 1.29 is 17.9 Å². The molecule has 1 aliphatic heterocycles. The van der Waals surface area contributed by atoms with Gasteiger partial charge < -0.3 is 14.6 Å². The van der Waals surface area contributed by atoms with Gasteiger partial charge in [-0.3, -0.25) is 4.79 Å². The first-order valence-corrected chi connectivity index (χ1v) is 11.9. The zero-order chi connectivity index (χ0) is 22.2. The molecule has 1 fully saturated rings. The van der Waals surface area contributed by atoms with Gasteiger partial charge in [0.05, 0.1) is 22.6 Å². The van der Waals surface area contributed by atoms with E-state index in [1.165, 1.54) is 30.8 Å². The summed E-state index contributed by atoms with van der Waals surface area (Å²) in [5.74, 6) is 0.876. The molecular formula is C22H24ClN3O4S. The number of carbonyl (C=O) groups excluding carboxylic acids is 1. The van der Waals surface area contributed by atoms with Gasteiger partial charge in [0.1, 0.15) is 5.75 Å². The molecule has 3 aromatic rings. The minimum Gasteiger partial charge on any atom is -0.497 e. The number of benzene rings is 2. The molecule has 164 valence electrons. The Morgan fingerprint density at radius 2 is 1.94 bits per heavy atom. The standard InChI is InChI=1S/C22H24ClN3O4S/c1-24-31(28,29)16-4-5-20(23)18(12-16)22(27)26-9-7-14(8-10-26)19-13-25-21-6-3-15(30-2)11-17(19)21/h3-6,11-14,24-25H,7-10H2,1-2H3. The summed E-state index contributed by atoms with van der Waals surface area (Å²) in [5.41, 5.74) is 2.48. The van der Waals surface area contributed by atoms with E-state index in [2.05, 4.69) is 9.71 Å². The average molecular weight is 462 g/mol. The first kappa shape index (κ1) is 21.7. The molecule has 0 bridgehead atoms. The highest BCUT2D eigenvalue weighted by Crippen LogP contribution is 2.35. The molecule has 0 radical (unpaired) electrons. The molecular weight excluding hydrogens is 438 g/mol. The number of hydrogen-bond donors (Lipinski definition) is 2. The van der Waals surface area contributed by atoms with Crippen molar-refractivity contribution >= 4 is 38.4 Å². The summed E-state index contributed by atoms with van der Waals surface area (Å²) in [4.78, 5) is 18.2. The second kappa shape index (κ2) is 8.53. The van der Waals surface area contributed by atoms with Crippen molar-refractivity contribution in [2.24, 2.45) is 0 Å². The summed E-state index contributed by atoms with van der Waals surface area (Å²) in [7, 11) is -0.678. The van der Waals surface area contributed by atoms with Crippen LogP contribution in [-0.4, -0.2) is 51.5 Å². The van der Waals surface area contributed by atoms with E-state index in [0.717, 1.165) is 29.5 Å². The Hall–Kier alpha value is -2.55. The Labute approximate surface area is 186 Å². The van der Waals surface area contributed by atoms with E-state index in [1.807, 2.05) is 24.4 Å². The highest BCUT2D eigenvalue weighted by molar-refractivity contribution is 7.89. The molecule has 0 atom stereocenters. The van der Waals surface area contributed by atoms with Crippen LogP contribution in [0, 0.1) is 0 Å². The topological polar surface area (TPSA) is 91.5 Å². The average Bonchev–Trinajstić information content (AvgIpc) is 3.22. The number of rotatable bonds is 5. The SMILES string of the molecule is CNS(=O)(=O)c1ccc(Cl)c(C(=O)N2CCC(c3c[nH]c4ccc(OC)cc34)CC2)c1. The predicted molar refractivity (Wildman–Crippen MR) is 120 cm³/mol. The number of fused-ring (bicyclic) bond motifs is 1. The minimum absolute atomic E-state index is 0.0189. The number of halogens is 1. The molecule has 1 aromatic heterocycles. The lowest BCUT2D eigenvalue weighted by molar-refractivity contribution is 0.0713. The number of likely N-dealkylation sites (tertiary alicyclic amines) is 1. The summed E-state index contributed by atoms with van der Waals surface area (Å²) < 4.78 is 31.8. The summed E-state index contributed by atoms with van der Waals surface area (Å²) in [5, 5.41) is 1.38. The van der Waals surface area contributed by atoms with E-state index >= 15 is 0 Å². The Morgan fingerprint density at radius 3 is 2.61 bits per heavy atom. The van der Waals surface area contributed by atoms with Crippen molar-refractivity contribution in [2.75, 3.05) is 27.2 Å². The Kier molecular flexibility index (Phi) is 5.96. The Bertz CT molecular complexity index is 1230. The molecule has 0 aliphatic carbocycles. The molecule has 0 saturated carbocycles. The largest absolute Gasteiger partial charge is 0.497 e. The number of H-pyrrole nitrogens is 1. The summed E-state index contributed by atoms with van der Waals surface area (Å²) in [6, 6.07) is 10.1. The lowest BCUT2D eigenvalue weighted by Gasteiger charge is -2.32. The van der Waals surface area contributed by atoms with Gasteiger partial charge in [-0.15, -0.1) is 0 Å². The van der Waals surface area contributed by atoms with Crippen molar-refractivity contribution in [3.63, 3.8) is 0 Å². The first-order chi connectivity index (χ1) is 14.8. The molecule has 0 spiro atoms. The van der Waals surface area contributed by atoms with E-state index in [0.29, 0.717) is 19.0 Å². The number of sulfonamides is 1. The molecule has 0 unspecified atom stereocenters. The number of nitrogens with one attached hydrogen (secondary N) is 2. The van der Waals surface area contributed by atoms with Gasteiger partial charge in [0.15, 0.2) is 0 Å². The number of nitrogens with zero attached hydrogens (tertiary/aromatic N) is 1. The summed E-state index contributed by atoms with van der Waals surface area (Å²) >= 11 is 6.23. The normalized spacial score (nSPS) is 15.4. The van der Waals surface area contributed by atoms with Gasteiger partial charge in [-0.25, -0.2) is 13.1 Å². The quantitative estimate of drug-likeness (QED) is 0.605. The lowest BCUT2D eigenvalue weighted by Crippen LogP contribution is -2.38. The van der Waals surface area contributed by atoms with Crippen molar-refractivity contribution in [3.05, 3.63) is 58.7 Å². The number of carbonyl (C=O) groups is 1. The van der Waals surface area contributed by atoms with Gasteiger partial charge in [0.25, 0.3) is 5.91 Å². The molecule has 4 rings (SSSR count). The van der Waals surface area contributed by atoms with Gasteiger partial charge in [-0.1, -0.05) is 11.6 Å². The van der Waals surface area contributed by atoms with Crippen LogP contribution in [0.5, 0.6) is 5.75 Å². The van der Waals surface area contributed by atoms with Crippen LogP contribution in [0.1, 0.15) is 34.7 Å². The number of aromatic amines is 1. The van der Waals surface area contributed by atoms with Crippen LogP contribution in [0.3, 0.4) is 0 Å². The zero-order valence-corrected chi connectivity index (χ0v) is 18.9. The Balaban J connectivity index is 1.52. The van der Waals surface area contributed by atoms with E-state index in [1.54, 1.807) is 12.0 Å². The molecule has 9 heteroatoms. The summed E-state index contributed by atoms with van der Waals surface area (Å²) in [6.45, 7) is 1.14. The van der Waals surface area contributed by atoms with Crippen LogP contribution in [0.2, 0.25) is 5.02 Å². The third-order valence-corrected chi connectivity index (χ3v) is 7.63. The Morgan fingerprint density at radius 1 is 1.19 bits per heavy atom. The predicted octanol–water partition coefficient (Wildman–Crippen LogP) is 3.76. The van der Waals surface area contributed by atoms with Gasteiger partial charge in [0, 0.05) is 30.2 Å². The van der Waals surface area contributed by atoms with Crippen molar-refractivity contribution in [1.29, 1.82) is 0 Å². The van der Waals surface area contributed by atoms with Crippen molar-refractivity contribution in [2.45, 2.75) is 23.7 Å². The fourth-order valence-electron chi connectivity index (χ4n) is 4.10. The maximum atomic E-state index is 13.1. The van der Waals surface area contributed by atoms with Crippen molar-refractivity contribution in [3.8, 4) is 5.75 Å². The van der Waals surface area contributed by atoms with Crippen LogP contribution in [0.25, 0.3) is 10.9 Å². The molecule has 31 heavy (non-hydrogen) atoms. The zero-order valence-electron chi connectivity index (χ0n) is 17.3. The first-order valence-electron chi connectivity index (χ1n) is 10.0. The van der Waals surface area contributed by atoms with Crippen LogP contribution < -0.4 is 9.46 Å². The van der Waals surface area contributed by atoms with E-state index in [4.69, 9.17) is 16.3 Å². The molecule has 1 saturated heterocycles. The second-order valence-electron chi connectivity index (χ2n) is 7.57. The third kappa shape index (κ3) is 4.15. The number of aromatic nitrogens is 1. The molecule has 2 heterocycles. The molecule has 2 N–H and O–H groups in total. The number of amides is 1. The van der Waals surface area contributed by atoms with Crippen LogP contribution in [-0.2, 0) is 10.0 Å². The maximum absolute atomic E-state index is 13.1. The minimum atomic E-state index is -3.66. The smallest absolute Gasteiger partial charge is 0.255 e. The fourth-order valence-corrected chi connectivity index (χ4v) is 5.06. The molecule has 7 nitrogen and oxygen atoms in total. The van der Waals surface area contributed by atoms with Crippen LogP contribution in [0.4, 0.5) is 0 Å². The van der Waals surface area contributed by atoms with Gasteiger partial charge in [0.2, 0.25) is 10.0 Å². The van der Waals surface area contributed by atoms with E-state index in [-0.39, 0.29) is 21.4 Å². The van der Waals surface area contributed by atoms with Gasteiger partial charge in [-0.05, 0) is 67.8 Å². The van der Waals surface area contributed by atoms with E-state index in [9.17, 15) is 13.2 Å². The number of methoxy groups -OCH3 is 1. The fraction of sp³-hybridized carbons (Fsp3) is 0.318. The number of piperidine rings is 1. The second-order valence-corrected chi connectivity index (χ2v) is 9.86. The highest BCUT2D eigenvalue weighted by atomic mass is 35.5. The van der Waals surface area contributed by atoms with Gasteiger partial charge in [-0.2, -0.15) is 0 Å². The highest BCUT2D eigenvalue weighted by Gasteiger charge is 2.28. The number of ether oxygens (including phenoxy) is 1. The monoisotopic (exact) mass is 461 g/mol. The van der Waals surface area contributed by atoms with Crippen LogP contribution in [0.15, 0.2) is 47.5 Å². The molecule has 1 aliphatic rings. The van der Waals surface area contributed by atoms with Crippen LogP contribution >= 0.6 is 11.6 Å². The summed E-state index contributed by atoms with van der Waals surface area (Å²) in [6.07, 6.45) is 3.65. The lowest BCUT2D eigenvalue weighted by atomic mass is 9.89. The van der Waals surface area contributed by atoms with Crippen molar-refractivity contribution in [1.82, 2.24) is 14.6 Å². The maximum Gasteiger partial charge on any atom is 0.255 e.